The van der Waals surface area contributed by atoms with E-state index in [1.54, 1.807) is 30.3 Å². The molecule has 1 saturated heterocycles. The number of piperidine rings is 1. The van der Waals surface area contributed by atoms with Gasteiger partial charge in [0.25, 0.3) is 0 Å². The fraction of sp³-hybridized carbons (Fsp3) is 0.421. The van der Waals surface area contributed by atoms with Crippen LogP contribution >= 0.6 is 22.9 Å². The van der Waals surface area contributed by atoms with Crippen molar-refractivity contribution in [3.8, 4) is 11.3 Å². The van der Waals surface area contributed by atoms with Crippen molar-refractivity contribution >= 4 is 38.9 Å². The molecule has 3 aromatic rings. The maximum absolute atomic E-state index is 11.8. The second-order valence-electron chi connectivity index (χ2n) is 7.25. The van der Waals surface area contributed by atoms with Crippen LogP contribution in [0.2, 0.25) is 5.02 Å². The van der Waals surface area contributed by atoms with Crippen molar-refractivity contribution in [3.63, 3.8) is 0 Å². The number of hydrogen-bond acceptors (Lipinski definition) is 6. The summed E-state index contributed by atoms with van der Waals surface area (Å²) in [7, 11) is 3.60. The van der Waals surface area contributed by atoms with Crippen LogP contribution in [0.5, 0.6) is 0 Å². The van der Waals surface area contributed by atoms with Crippen LogP contribution in [0.1, 0.15) is 12.8 Å². The van der Waals surface area contributed by atoms with E-state index in [1.807, 2.05) is 35.0 Å². The third-order valence-corrected chi connectivity index (χ3v) is 6.06. The first kappa shape index (κ1) is 19.2. The summed E-state index contributed by atoms with van der Waals surface area (Å²) in [5.74, 6) is 0.157. The van der Waals surface area contributed by atoms with Crippen molar-refractivity contribution in [1.29, 1.82) is 0 Å². The molecule has 0 aliphatic carbocycles. The monoisotopic (exact) mass is 418 g/mol. The Bertz CT molecular complexity index is 927. The largest absolute Gasteiger partial charge is 0.357 e. The quantitative estimate of drug-likeness (QED) is 0.689. The van der Waals surface area contributed by atoms with Gasteiger partial charge in [0.1, 0.15) is 0 Å². The van der Waals surface area contributed by atoms with E-state index in [9.17, 15) is 4.79 Å². The number of fused-ring (bicyclic) bond motifs is 1. The molecule has 1 amide bonds. The first-order chi connectivity index (χ1) is 13.5. The lowest BCUT2D eigenvalue weighted by Crippen LogP contribution is -2.43. The Hall–Kier alpha value is -2.16. The SMILES string of the molecule is CN(C)C(=O)CN1CCC(Nc2nn3cc(-c4ccc(Cl)cc4)nc3s2)CC1. The smallest absolute Gasteiger partial charge is 0.236 e. The van der Waals surface area contributed by atoms with Gasteiger partial charge in [0.05, 0.1) is 18.4 Å². The minimum Gasteiger partial charge on any atom is -0.357 e. The molecule has 1 fully saturated rings. The zero-order valence-corrected chi connectivity index (χ0v) is 17.5. The zero-order chi connectivity index (χ0) is 19.7. The molecule has 1 aliphatic heterocycles. The van der Waals surface area contributed by atoms with E-state index < -0.39 is 0 Å². The van der Waals surface area contributed by atoms with Crippen LogP contribution in [0.15, 0.2) is 30.5 Å². The number of aromatic nitrogens is 3. The number of carbonyl (C=O) groups is 1. The topological polar surface area (TPSA) is 65.8 Å². The minimum atomic E-state index is 0.157. The average Bonchev–Trinajstić information content (AvgIpc) is 3.22. The Morgan fingerprint density at radius 3 is 2.64 bits per heavy atom. The molecule has 0 spiro atoms. The lowest BCUT2D eigenvalue weighted by molar-refractivity contribution is -0.130. The number of amides is 1. The molecule has 28 heavy (non-hydrogen) atoms. The van der Waals surface area contributed by atoms with Gasteiger partial charge in [-0.25, -0.2) is 9.50 Å². The molecule has 2 aromatic heterocycles. The molecular formula is C19H23ClN6OS. The summed E-state index contributed by atoms with van der Waals surface area (Å²) < 4.78 is 1.82. The van der Waals surface area contributed by atoms with Crippen molar-refractivity contribution in [3.05, 3.63) is 35.5 Å². The molecule has 0 radical (unpaired) electrons. The zero-order valence-electron chi connectivity index (χ0n) is 15.9. The number of nitrogens with zero attached hydrogens (tertiary/aromatic N) is 5. The summed E-state index contributed by atoms with van der Waals surface area (Å²) in [5.41, 5.74) is 1.91. The normalized spacial score (nSPS) is 15.8. The minimum absolute atomic E-state index is 0.157. The van der Waals surface area contributed by atoms with Gasteiger partial charge in [-0.05, 0) is 25.0 Å². The molecule has 3 heterocycles. The van der Waals surface area contributed by atoms with Crippen LogP contribution in [-0.4, -0.2) is 70.1 Å². The van der Waals surface area contributed by atoms with Crippen molar-refractivity contribution in [2.45, 2.75) is 18.9 Å². The average molecular weight is 419 g/mol. The van der Waals surface area contributed by atoms with Crippen LogP contribution < -0.4 is 5.32 Å². The summed E-state index contributed by atoms with van der Waals surface area (Å²) in [5, 5.41) is 9.75. The molecule has 0 bridgehead atoms. The first-order valence-corrected chi connectivity index (χ1v) is 10.5. The predicted molar refractivity (Wildman–Crippen MR) is 113 cm³/mol. The fourth-order valence-corrected chi connectivity index (χ4v) is 4.25. The van der Waals surface area contributed by atoms with Gasteiger partial charge < -0.3 is 10.2 Å². The van der Waals surface area contributed by atoms with Gasteiger partial charge in [-0.1, -0.05) is 35.1 Å². The molecule has 1 aromatic carbocycles. The Kier molecular flexibility index (Phi) is 5.52. The van der Waals surface area contributed by atoms with Gasteiger partial charge in [0, 0.05) is 43.8 Å². The summed E-state index contributed by atoms with van der Waals surface area (Å²) in [6, 6.07) is 8.02. The number of rotatable bonds is 5. The van der Waals surface area contributed by atoms with Crippen molar-refractivity contribution in [1.82, 2.24) is 24.4 Å². The van der Waals surface area contributed by atoms with Crippen molar-refractivity contribution in [2.75, 3.05) is 39.0 Å². The van der Waals surface area contributed by atoms with Gasteiger partial charge >= 0.3 is 0 Å². The van der Waals surface area contributed by atoms with E-state index in [1.165, 1.54) is 0 Å². The predicted octanol–water partition coefficient (Wildman–Crippen LogP) is 3.08. The third-order valence-electron chi connectivity index (χ3n) is 4.96. The second-order valence-corrected chi connectivity index (χ2v) is 8.64. The van der Waals surface area contributed by atoms with E-state index in [0.29, 0.717) is 17.6 Å². The molecule has 9 heteroatoms. The lowest BCUT2D eigenvalue weighted by atomic mass is 10.1. The summed E-state index contributed by atoms with van der Waals surface area (Å²) in [6.07, 6.45) is 3.94. The number of likely N-dealkylation sites (tertiary alicyclic amines) is 1. The molecule has 0 saturated carbocycles. The van der Waals surface area contributed by atoms with E-state index in [2.05, 4.69) is 20.3 Å². The highest BCUT2D eigenvalue weighted by atomic mass is 35.5. The first-order valence-electron chi connectivity index (χ1n) is 9.29. The van der Waals surface area contributed by atoms with Crippen LogP contribution in [0.25, 0.3) is 16.2 Å². The number of likely N-dealkylation sites (N-methyl/N-ethyl adjacent to an activating group) is 1. The number of anilines is 1. The summed E-state index contributed by atoms with van der Waals surface area (Å²) in [6.45, 7) is 2.33. The van der Waals surface area contributed by atoms with Gasteiger partial charge in [-0.3, -0.25) is 9.69 Å². The molecule has 1 aliphatic rings. The van der Waals surface area contributed by atoms with E-state index in [4.69, 9.17) is 11.6 Å². The van der Waals surface area contributed by atoms with Crippen LogP contribution in [0.3, 0.4) is 0 Å². The van der Waals surface area contributed by atoms with Gasteiger partial charge in [-0.2, -0.15) is 0 Å². The molecule has 7 nitrogen and oxygen atoms in total. The van der Waals surface area contributed by atoms with Gasteiger partial charge in [0.15, 0.2) is 0 Å². The highest BCUT2D eigenvalue weighted by molar-refractivity contribution is 7.20. The van der Waals surface area contributed by atoms with E-state index in [-0.39, 0.29) is 5.91 Å². The van der Waals surface area contributed by atoms with Crippen LogP contribution in [-0.2, 0) is 4.79 Å². The standard InChI is InChI=1S/C19H23ClN6OS/c1-24(2)17(27)12-25-9-7-15(8-10-25)21-18-23-26-11-16(22-19(26)28-18)13-3-5-14(20)6-4-13/h3-6,11,15H,7-10,12H2,1-2H3,(H,21,23). The Morgan fingerprint density at radius 1 is 1.29 bits per heavy atom. The number of nitrogens with one attached hydrogen (secondary N) is 1. The Labute approximate surface area is 172 Å². The van der Waals surface area contributed by atoms with Gasteiger partial charge in [-0.15, -0.1) is 5.10 Å². The molecular weight excluding hydrogens is 396 g/mol. The van der Waals surface area contributed by atoms with E-state index >= 15 is 0 Å². The summed E-state index contributed by atoms with van der Waals surface area (Å²) >= 11 is 7.51. The molecule has 0 unspecified atom stereocenters. The maximum Gasteiger partial charge on any atom is 0.236 e. The van der Waals surface area contributed by atoms with Crippen molar-refractivity contribution < 1.29 is 4.79 Å². The number of benzene rings is 1. The molecule has 1 N–H and O–H groups in total. The number of hydrogen-bond donors (Lipinski definition) is 1. The molecule has 148 valence electrons. The molecule has 0 atom stereocenters. The second kappa shape index (κ2) is 8.06. The van der Waals surface area contributed by atoms with Gasteiger partial charge in [0.2, 0.25) is 16.0 Å². The highest BCUT2D eigenvalue weighted by Gasteiger charge is 2.22. The van der Waals surface area contributed by atoms with Crippen molar-refractivity contribution in [2.24, 2.45) is 0 Å². The maximum atomic E-state index is 11.8. The Morgan fingerprint density at radius 2 is 2.00 bits per heavy atom. The number of imidazole rings is 1. The number of carbonyl (C=O) groups excluding carboxylic acids is 1. The van der Waals surface area contributed by atoms with E-state index in [0.717, 1.165) is 47.3 Å². The molecule has 4 rings (SSSR count). The Balaban J connectivity index is 1.35. The number of halogens is 1. The highest BCUT2D eigenvalue weighted by Crippen LogP contribution is 2.26. The fourth-order valence-electron chi connectivity index (χ4n) is 3.26. The summed E-state index contributed by atoms with van der Waals surface area (Å²) in [4.78, 5) is 21.2. The van der Waals surface area contributed by atoms with Crippen LogP contribution in [0, 0.1) is 0 Å². The van der Waals surface area contributed by atoms with Crippen LogP contribution in [0.4, 0.5) is 5.13 Å². The lowest BCUT2D eigenvalue weighted by Gasteiger charge is -2.32. The third kappa shape index (κ3) is 4.29.